The van der Waals surface area contributed by atoms with Gasteiger partial charge in [0.1, 0.15) is 0 Å². The number of rotatable bonds is 6. The molecule has 5 heteroatoms. The van der Waals surface area contributed by atoms with E-state index in [9.17, 15) is 4.79 Å². The van der Waals surface area contributed by atoms with E-state index in [0.717, 1.165) is 11.3 Å². The van der Waals surface area contributed by atoms with Crippen LogP contribution in [0.1, 0.15) is 15.9 Å². The molecule has 0 saturated heterocycles. The molecule has 0 spiro atoms. The van der Waals surface area contributed by atoms with Gasteiger partial charge in [-0.15, -0.1) is 0 Å². The molecule has 25 heavy (non-hydrogen) atoms. The molecule has 0 aliphatic heterocycles. The Morgan fingerprint density at radius 2 is 1.80 bits per heavy atom. The van der Waals surface area contributed by atoms with E-state index in [0.29, 0.717) is 17.1 Å². The monoisotopic (exact) mass is 334 g/mol. The van der Waals surface area contributed by atoms with Gasteiger partial charge in [0.15, 0.2) is 17.3 Å². The minimum Gasteiger partial charge on any atom is -0.493 e. The number of imidazole rings is 1. The number of carbonyl (C=O) groups is 1. The lowest BCUT2D eigenvalue weighted by molar-refractivity contribution is 0.104. The molecule has 0 aliphatic rings. The summed E-state index contributed by atoms with van der Waals surface area (Å²) in [6, 6.07) is 13.0. The van der Waals surface area contributed by atoms with Crippen molar-refractivity contribution < 1.29 is 14.3 Å². The van der Waals surface area contributed by atoms with Crippen molar-refractivity contribution in [1.82, 2.24) is 9.55 Å². The van der Waals surface area contributed by atoms with Crippen LogP contribution in [0.25, 0.3) is 11.8 Å². The van der Waals surface area contributed by atoms with Gasteiger partial charge in [0.2, 0.25) is 0 Å². The summed E-state index contributed by atoms with van der Waals surface area (Å²) in [5.74, 6) is 1.03. The van der Waals surface area contributed by atoms with Crippen LogP contribution >= 0.6 is 0 Å². The lowest BCUT2D eigenvalue weighted by Gasteiger charge is -2.08. The molecular formula is C20H18N2O3. The smallest absolute Gasteiger partial charge is 0.185 e. The molecule has 0 aliphatic carbocycles. The lowest BCUT2D eigenvalue weighted by Crippen LogP contribution is -1.97. The molecule has 1 aromatic heterocycles. The molecule has 0 radical (unpaired) electrons. The Labute approximate surface area is 146 Å². The average Bonchev–Trinajstić information content (AvgIpc) is 3.20. The summed E-state index contributed by atoms with van der Waals surface area (Å²) < 4.78 is 12.3. The maximum Gasteiger partial charge on any atom is 0.185 e. The average molecular weight is 334 g/mol. The van der Waals surface area contributed by atoms with Crippen molar-refractivity contribution in [2.45, 2.75) is 0 Å². The fourth-order valence-electron chi connectivity index (χ4n) is 2.43. The topological polar surface area (TPSA) is 53.4 Å². The summed E-state index contributed by atoms with van der Waals surface area (Å²) in [5.41, 5.74) is 2.50. The molecule has 1 heterocycles. The van der Waals surface area contributed by atoms with Gasteiger partial charge in [0.25, 0.3) is 0 Å². The van der Waals surface area contributed by atoms with Crippen LogP contribution in [-0.2, 0) is 0 Å². The zero-order chi connectivity index (χ0) is 17.6. The Bertz CT molecular complexity index is 882. The molecular weight excluding hydrogens is 316 g/mol. The van der Waals surface area contributed by atoms with Gasteiger partial charge in [0.05, 0.1) is 20.5 Å². The number of allylic oxidation sites excluding steroid dienone is 1. The van der Waals surface area contributed by atoms with Crippen molar-refractivity contribution in [3.05, 3.63) is 78.4 Å². The van der Waals surface area contributed by atoms with Crippen LogP contribution in [0.2, 0.25) is 0 Å². The normalized spacial score (nSPS) is 10.8. The van der Waals surface area contributed by atoms with Gasteiger partial charge < -0.3 is 14.0 Å². The fourth-order valence-corrected chi connectivity index (χ4v) is 2.43. The van der Waals surface area contributed by atoms with Gasteiger partial charge in [-0.25, -0.2) is 4.98 Å². The van der Waals surface area contributed by atoms with E-state index in [2.05, 4.69) is 4.98 Å². The van der Waals surface area contributed by atoms with E-state index in [1.165, 1.54) is 0 Å². The number of hydrogen-bond acceptors (Lipinski definition) is 4. The van der Waals surface area contributed by atoms with Crippen LogP contribution in [0.15, 0.2) is 67.3 Å². The number of aromatic nitrogens is 2. The van der Waals surface area contributed by atoms with Crippen molar-refractivity contribution >= 4 is 11.9 Å². The van der Waals surface area contributed by atoms with Crippen molar-refractivity contribution in [2.75, 3.05) is 14.2 Å². The van der Waals surface area contributed by atoms with Gasteiger partial charge in [-0.3, -0.25) is 4.79 Å². The molecule has 0 fully saturated rings. The number of benzene rings is 2. The van der Waals surface area contributed by atoms with E-state index in [1.807, 2.05) is 35.0 Å². The quantitative estimate of drug-likeness (QED) is 0.508. The van der Waals surface area contributed by atoms with Crippen LogP contribution in [0, 0.1) is 0 Å². The molecule has 5 nitrogen and oxygen atoms in total. The van der Waals surface area contributed by atoms with E-state index in [4.69, 9.17) is 9.47 Å². The van der Waals surface area contributed by atoms with Gasteiger partial charge in [-0.2, -0.15) is 0 Å². The van der Waals surface area contributed by atoms with Crippen molar-refractivity contribution in [2.24, 2.45) is 0 Å². The van der Waals surface area contributed by atoms with E-state index in [-0.39, 0.29) is 5.78 Å². The SMILES string of the molecule is COc1ccc(C(=O)/C=C/c2ccc(-n3ccnc3)cc2)cc1OC. The van der Waals surface area contributed by atoms with E-state index >= 15 is 0 Å². The second-order valence-electron chi connectivity index (χ2n) is 5.33. The largest absolute Gasteiger partial charge is 0.493 e. The predicted octanol–water partition coefficient (Wildman–Crippen LogP) is 3.79. The van der Waals surface area contributed by atoms with E-state index in [1.54, 1.807) is 57.1 Å². The number of nitrogens with zero attached hydrogens (tertiary/aromatic N) is 2. The number of methoxy groups -OCH3 is 2. The van der Waals surface area contributed by atoms with Crippen LogP contribution in [0.3, 0.4) is 0 Å². The standard InChI is InChI=1S/C20H18N2O3/c1-24-19-10-6-16(13-20(19)25-2)18(23)9-5-15-3-7-17(8-4-15)22-12-11-21-14-22/h3-14H,1-2H3/b9-5+. The second-order valence-corrected chi connectivity index (χ2v) is 5.33. The minimum absolute atomic E-state index is 0.0976. The fraction of sp³-hybridized carbons (Fsp3) is 0.100. The van der Waals surface area contributed by atoms with Crippen LogP contribution in [0.4, 0.5) is 0 Å². The first-order valence-electron chi connectivity index (χ1n) is 7.74. The third-order valence-electron chi connectivity index (χ3n) is 3.79. The van der Waals surface area contributed by atoms with Gasteiger partial charge >= 0.3 is 0 Å². The highest BCUT2D eigenvalue weighted by Gasteiger charge is 2.08. The number of hydrogen-bond donors (Lipinski definition) is 0. The summed E-state index contributed by atoms with van der Waals surface area (Å²) in [6.07, 6.45) is 8.69. The Morgan fingerprint density at radius 1 is 1.04 bits per heavy atom. The highest BCUT2D eigenvalue weighted by molar-refractivity contribution is 6.07. The first kappa shape index (κ1) is 16.5. The summed E-state index contributed by atoms with van der Waals surface area (Å²) >= 11 is 0. The zero-order valence-corrected chi connectivity index (χ0v) is 14.0. The molecule has 0 saturated carbocycles. The maximum atomic E-state index is 12.3. The van der Waals surface area contributed by atoms with Gasteiger partial charge in [-0.05, 0) is 42.0 Å². The summed E-state index contributed by atoms with van der Waals surface area (Å²) in [4.78, 5) is 16.4. The molecule has 0 unspecified atom stereocenters. The Balaban J connectivity index is 1.74. The molecule has 126 valence electrons. The first-order valence-corrected chi connectivity index (χ1v) is 7.74. The second kappa shape index (κ2) is 7.49. The van der Waals surface area contributed by atoms with Gasteiger partial charge in [0, 0.05) is 23.6 Å². The third kappa shape index (κ3) is 3.77. The van der Waals surface area contributed by atoms with Crippen LogP contribution in [0.5, 0.6) is 11.5 Å². The summed E-state index contributed by atoms with van der Waals surface area (Å²) in [6.45, 7) is 0. The predicted molar refractivity (Wildman–Crippen MR) is 96.5 cm³/mol. The molecule has 0 N–H and O–H groups in total. The lowest BCUT2D eigenvalue weighted by atomic mass is 10.1. The maximum absolute atomic E-state index is 12.3. The number of carbonyl (C=O) groups excluding carboxylic acids is 1. The minimum atomic E-state index is -0.0976. The van der Waals surface area contributed by atoms with Gasteiger partial charge in [-0.1, -0.05) is 18.2 Å². The van der Waals surface area contributed by atoms with Crippen molar-refractivity contribution in [3.63, 3.8) is 0 Å². The molecule has 3 rings (SSSR count). The molecule has 0 amide bonds. The Hall–Kier alpha value is -3.34. The number of ether oxygens (including phenoxy) is 2. The Kier molecular flexibility index (Phi) is 4.95. The van der Waals surface area contributed by atoms with E-state index < -0.39 is 0 Å². The van der Waals surface area contributed by atoms with Crippen molar-refractivity contribution in [3.8, 4) is 17.2 Å². The van der Waals surface area contributed by atoms with Crippen LogP contribution in [-0.4, -0.2) is 29.6 Å². The van der Waals surface area contributed by atoms with Crippen molar-refractivity contribution in [1.29, 1.82) is 0 Å². The molecule has 0 bridgehead atoms. The molecule has 3 aromatic rings. The summed E-state index contributed by atoms with van der Waals surface area (Å²) in [7, 11) is 3.11. The highest BCUT2D eigenvalue weighted by atomic mass is 16.5. The highest BCUT2D eigenvalue weighted by Crippen LogP contribution is 2.27. The molecule has 0 atom stereocenters. The van der Waals surface area contributed by atoms with Crippen LogP contribution < -0.4 is 9.47 Å². The zero-order valence-electron chi connectivity index (χ0n) is 14.0. The first-order chi connectivity index (χ1) is 12.2. The molecule has 2 aromatic carbocycles. The number of ketones is 1. The summed E-state index contributed by atoms with van der Waals surface area (Å²) in [5, 5.41) is 0. The third-order valence-corrected chi connectivity index (χ3v) is 3.79. The Morgan fingerprint density at radius 3 is 2.44 bits per heavy atom.